The van der Waals surface area contributed by atoms with E-state index in [9.17, 15) is 24.5 Å². The van der Waals surface area contributed by atoms with Gasteiger partial charge < -0.3 is 10.6 Å². The third-order valence-corrected chi connectivity index (χ3v) is 4.60. The fourth-order valence-corrected chi connectivity index (χ4v) is 2.62. The molecule has 3 amide bonds. The standard InChI is InChI=1S/C20H20ClN5O5/c1-11-7-8-14(26(30)31)10-17(11)22-18(27)9-12(2)24-25-20(29)19(28)23-16-6-4-5-15(21)13(16)3/h4-8,10H,9H2,1-3H3,(H,22,27)(H,23,28)(H,25,29). The maximum absolute atomic E-state index is 12.2. The Morgan fingerprint density at radius 2 is 1.77 bits per heavy atom. The molecule has 0 heterocycles. The van der Waals surface area contributed by atoms with E-state index in [1.165, 1.54) is 25.1 Å². The Morgan fingerprint density at radius 1 is 1.06 bits per heavy atom. The molecule has 11 heteroatoms. The van der Waals surface area contributed by atoms with Gasteiger partial charge in [0.2, 0.25) is 5.91 Å². The number of aryl methyl sites for hydroxylation is 1. The normalized spacial score (nSPS) is 10.9. The molecule has 2 aromatic carbocycles. The summed E-state index contributed by atoms with van der Waals surface area (Å²) in [6.07, 6.45) is -0.197. The van der Waals surface area contributed by atoms with E-state index in [4.69, 9.17) is 11.6 Å². The smallest absolute Gasteiger partial charge is 0.325 e. The van der Waals surface area contributed by atoms with Crippen LogP contribution in [0.15, 0.2) is 41.5 Å². The number of nitro benzene ring substituents is 1. The first-order valence-electron chi connectivity index (χ1n) is 9.03. The van der Waals surface area contributed by atoms with E-state index in [-0.39, 0.29) is 17.8 Å². The topological polar surface area (TPSA) is 143 Å². The van der Waals surface area contributed by atoms with Crippen LogP contribution in [0.1, 0.15) is 24.5 Å². The monoisotopic (exact) mass is 445 g/mol. The van der Waals surface area contributed by atoms with Gasteiger partial charge >= 0.3 is 11.8 Å². The molecule has 0 atom stereocenters. The lowest BCUT2D eigenvalue weighted by molar-refractivity contribution is -0.384. The Morgan fingerprint density at radius 3 is 2.45 bits per heavy atom. The number of halogens is 1. The van der Waals surface area contributed by atoms with Crippen LogP contribution in [0.2, 0.25) is 5.02 Å². The highest BCUT2D eigenvalue weighted by molar-refractivity contribution is 6.40. The summed E-state index contributed by atoms with van der Waals surface area (Å²) in [5.41, 5.74) is 4.09. The molecule has 0 saturated carbocycles. The minimum Gasteiger partial charge on any atom is -0.325 e. The lowest BCUT2D eigenvalue weighted by atomic mass is 10.1. The Hall–Kier alpha value is -3.79. The average Bonchev–Trinajstić information content (AvgIpc) is 2.70. The third kappa shape index (κ3) is 6.61. The highest BCUT2D eigenvalue weighted by atomic mass is 35.5. The van der Waals surface area contributed by atoms with Crippen LogP contribution in [0.5, 0.6) is 0 Å². The Bertz CT molecular complexity index is 1080. The molecule has 10 nitrogen and oxygen atoms in total. The Balaban J connectivity index is 1.93. The van der Waals surface area contributed by atoms with Gasteiger partial charge in [0.1, 0.15) is 0 Å². The van der Waals surface area contributed by atoms with Crippen LogP contribution in [0.3, 0.4) is 0 Å². The summed E-state index contributed by atoms with van der Waals surface area (Å²) in [5, 5.41) is 20.0. The summed E-state index contributed by atoms with van der Waals surface area (Å²) in [4.78, 5) is 46.4. The number of amides is 3. The van der Waals surface area contributed by atoms with Gasteiger partial charge in [-0.1, -0.05) is 23.7 Å². The number of rotatable bonds is 6. The fraction of sp³-hybridized carbons (Fsp3) is 0.200. The second-order valence-corrected chi connectivity index (χ2v) is 7.04. The molecule has 31 heavy (non-hydrogen) atoms. The van der Waals surface area contributed by atoms with Crippen molar-refractivity contribution >= 4 is 52.1 Å². The van der Waals surface area contributed by atoms with E-state index in [1.54, 1.807) is 32.0 Å². The van der Waals surface area contributed by atoms with Crippen molar-refractivity contribution in [3.05, 3.63) is 62.7 Å². The zero-order valence-electron chi connectivity index (χ0n) is 17.0. The molecule has 0 fully saturated rings. The predicted molar refractivity (Wildman–Crippen MR) is 117 cm³/mol. The molecule has 0 aliphatic carbocycles. The number of benzene rings is 2. The summed E-state index contributed by atoms with van der Waals surface area (Å²) in [6, 6.07) is 9.00. The number of hydrogen-bond acceptors (Lipinski definition) is 6. The molecule has 3 N–H and O–H groups in total. The van der Waals surface area contributed by atoms with E-state index >= 15 is 0 Å². The van der Waals surface area contributed by atoms with E-state index in [2.05, 4.69) is 21.2 Å². The second-order valence-electron chi connectivity index (χ2n) is 6.64. The minimum atomic E-state index is -1.02. The van der Waals surface area contributed by atoms with Crippen molar-refractivity contribution in [1.29, 1.82) is 0 Å². The average molecular weight is 446 g/mol. The SMILES string of the molecule is CC(CC(=O)Nc1cc([N+](=O)[O-])ccc1C)=NNC(=O)C(=O)Nc1cccc(Cl)c1C. The van der Waals surface area contributed by atoms with Gasteiger partial charge in [-0.3, -0.25) is 24.5 Å². The van der Waals surface area contributed by atoms with Gasteiger partial charge in [-0.15, -0.1) is 0 Å². The Kier molecular flexibility index (Phi) is 7.81. The number of nitrogens with zero attached hydrogens (tertiary/aromatic N) is 2. The van der Waals surface area contributed by atoms with Crippen LogP contribution in [0, 0.1) is 24.0 Å². The zero-order chi connectivity index (χ0) is 23.1. The van der Waals surface area contributed by atoms with Gasteiger partial charge in [-0.25, -0.2) is 5.43 Å². The van der Waals surface area contributed by atoms with Crippen LogP contribution >= 0.6 is 11.6 Å². The second kappa shape index (κ2) is 10.3. The summed E-state index contributed by atoms with van der Waals surface area (Å²) in [5.74, 6) is -2.45. The molecule has 0 radical (unpaired) electrons. The predicted octanol–water partition coefficient (Wildman–Crippen LogP) is 3.32. The molecule has 0 saturated heterocycles. The number of nitro groups is 1. The van der Waals surface area contributed by atoms with E-state index in [0.717, 1.165) is 0 Å². The van der Waals surface area contributed by atoms with Crippen LogP contribution in [-0.4, -0.2) is 28.4 Å². The molecule has 162 valence electrons. The van der Waals surface area contributed by atoms with E-state index in [1.807, 2.05) is 0 Å². The van der Waals surface area contributed by atoms with Gasteiger partial charge in [0.15, 0.2) is 0 Å². The van der Waals surface area contributed by atoms with Gasteiger partial charge in [-0.2, -0.15) is 5.10 Å². The molecule has 0 aliphatic heterocycles. The van der Waals surface area contributed by atoms with Crippen LogP contribution in [0.25, 0.3) is 0 Å². The number of nitrogens with one attached hydrogen (secondary N) is 3. The molecule has 0 bridgehead atoms. The van der Waals surface area contributed by atoms with Gasteiger partial charge in [-0.05, 0) is 44.0 Å². The van der Waals surface area contributed by atoms with Crippen molar-refractivity contribution in [3.63, 3.8) is 0 Å². The minimum absolute atomic E-state index is 0.153. The van der Waals surface area contributed by atoms with Crippen molar-refractivity contribution in [1.82, 2.24) is 5.43 Å². The van der Waals surface area contributed by atoms with E-state index in [0.29, 0.717) is 27.5 Å². The maximum atomic E-state index is 12.2. The highest BCUT2D eigenvalue weighted by Crippen LogP contribution is 2.23. The van der Waals surface area contributed by atoms with Crippen LogP contribution in [-0.2, 0) is 14.4 Å². The summed E-state index contributed by atoms with van der Waals surface area (Å²) >= 11 is 5.97. The number of non-ortho nitro benzene ring substituents is 1. The number of hydrogen-bond donors (Lipinski definition) is 3. The number of hydrazone groups is 1. The quantitative estimate of drug-likeness (QED) is 0.270. The molecular weight excluding hydrogens is 426 g/mol. The maximum Gasteiger partial charge on any atom is 0.329 e. The Labute approximate surface area is 182 Å². The van der Waals surface area contributed by atoms with E-state index < -0.39 is 22.6 Å². The van der Waals surface area contributed by atoms with Crippen molar-refractivity contribution in [2.75, 3.05) is 10.6 Å². The van der Waals surface area contributed by atoms with Crippen molar-refractivity contribution in [2.45, 2.75) is 27.2 Å². The zero-order valence-corrected chi connectivity index (χ0v) is 17.7. The molecule has 0 aliphatic rings. The van der Waals surface area contributed by atoms with Crippen molar-refractivity contribution in [3.8, 4) is 0 Å². The first-order valence-corrected chi connectivity index (χ1v) is 9.40. The number of anilines is 2. The first kappa shape index (κ1) is 23.5. The van der Waals surface area contributed by atoms with Crippen molar-refractivity contribution < 1.29 is 19.3 Å². The highest BCUT2D eigenvalue weighted by Gasteiger charge is 2.16. The fourth-order valence-electron chi connectivity index (χ4n) is 2.44. The van der Waals surface area contributed by atoms with Crippen LogP contribution in [0.4, 0.5) is 17.1 Å². The van der Waals surface area contributed by atoms with Crippen LogP contribution < -0.4 is 16.1 Å². The molecule has 2 rings (SSSR count). The molecule has 2 aromatic rings. The summed E-state index contributed by atoms with van der Waals surface area (Å²) < 4.78 is 0. The number of carbonyl (C=O) groups excluding carboxylic acids is 3. The molecular formula is C20H20ClN5O5. The van der Waals surface area contributed by atoms with Gasteiger partial charge in [0, 0.05) is 28.6 Å². The summed E-state index contributed by atoms with van der Waals surface area (Å²) in [6.45, 7) is 4.87. The summed E-state index contributed by atoms with van der Waals surface area (Å²) in [7, 11) is 0. The number of carbonyl (C=O) groups is 3. The molecule has 0 spiro atoms. The first-order chi connectivity index (χ1) is 14.6. The van der Waals surface area contributed by atoms with Crippen molar-refractivity contribution in [2.24, 2.45) is 5.10 Å². The largest absolute Gasteiger partial charge is 0.329 e. The van der Waals surface area contributed by atoms with Gasteiger partial charge in [0.05, 0.1) is 17.0 Å². The van der Waals surface area contributed by atoms with Gasteiger partial charge in [0.25, 0.3) is 5.69 Å². The third-order valence-electron chi connectivity index (χ3n) is 4.19. The molecule has 0 unspecified atom stereocenters. The molecule has 0 aromatic heterocycles. The lowest BCUT2D eigenvalue weighted by Gasteiger charge is -2.09. The lowest BCUT2D eigenvalue weighted by Crippen LogP contribution is -2.33.